The molecule has 0 bridgehead atoms. The number of benzene rings is 1. The maximum absolute atomic E-state index is 6.30. The second-order valence-electron chi connectivity index (χ2n) is 5.77. The Kier molecular flexibility index (Phi) is 4.89. The van der Waals surface area contributed by atoms with Crippen molar-refractivity contribution < 1.29 is 0 Å². The van der Waals surface area contributed by atoms with E-state index in [-0.39, 0.29) is 0 Å². The fraction of sp³-hybridized carbons (Fsp3) is 0.471. The maximum atomic E-state index is 6.30. The van der Waals surface area contributed by atoms with Crippen LogP contribution in [0, 0.1) is 6.92 Å². The Morgan fingerprint density at radius 1 is 1.24 bits per heavy atom. The van der Waals surface area contributed by atoms with E-state index in [9.17, 15) is 0 Å². The van der Waals surface area contributed by atoms with Crippen LogP contribution in [0.2, 0.25) is 0 Å². The summed E-state index contributed by atoms with van der Waals surface area (Å²) in [6, 6.07) is 10.8. The third-order valence-corrected chi connectivity index (χ3v) is 3.60. The van der Waals surface area contributed by atoms with Crippen molar-refractivity contribution >= 4 is 11.5 Å². The molecule has 0 aliphatic heterocycles. The fourth-order valence-electron chi connectivity index (χ4n) is 2.56. The Balaban J connectivity index is 2.38. The van der Waals surface area contributed by atoms with Crippen molar-refractivity contribution in [3.05, 3.63) is 41.6 Å². The zero-order valence-electron chi connectivity index (χ0n) is 13.5. The van der Waals surface area contributed by atoms with Gasteiger partial charge in [-0.25, -0.2) is 4.68 Å². The van der Waals surface area contributed by atoms with Gasteiger partial charge in [0.1, 0.15) is 0 Å². The fourth-order valence-corrected chi connectivity index (χ4v) is 2.56. The lowest BCUT2D eigenvalue weighted by Gasteiger charge is -2.27. The van der Waals surface area contributed by atoms with Crippen molar-refractivity contribution in [3.63, 3.8) is 0 Å². The van der Waals surface area contributed by atoms with Crippen LogP contribution in [0.1, 0.15) is 44.5 Å². The molecule has 0 radical (unpaired) electrons. The third-order valence-electron chi connectivity index (χ3n) is 3.60. The summed E-state index contributed by atoms with van der Waals surface area (Å²) in [5.41, 5.74) is 9.30. The van der Waals surface area contributed by atoms with Crippen molar-refractivity contribution in [2.75, 3.05) is 17.2 Å². The molecule has 21 heavy (non-hydrogen) atoms. The molecule has 0 aliphatic carbocycles. The molecule has 0 spiro atoms. The summed E-state index contributed by atoms with van der Waals surface area (Å²) in [6.07, 6.45) is 1.08. The molecule has 0 atom stereocenters. The van der Waals surface area contributed by atoms with Crippen LogP contribution < -0.4 is 10.6 Å². The van der Waals surface area contributed by atoms with E-state index in [4.69, 9.17) is 5.73 Å². The summed E-state index contributed by atoms with van der Waals surface area (Å²) in [7, 11) is 0. The molecule has 1 heterocycles. The van der Waals surface area contributed by atoms with E-state index >= 15 is 0 Å². The van der Waals surface area contributed by atoms with Crippen LogP contribution in [0.4, 0.5) is 11.5 Å². The number of hydrogen-bond donors (Lipinski definition) is 1. The van der Waals surface area contributed by atoms with Crippen molar-refractivity contribution in [1.29, 1.82) is 0 Å². The Labute approximate surface area is 127 Å². The third kappa shape index (κ3) is 3.38. The molecule has 4 nitrogen and oxygen atoms in total. The second kappa shape index (κ2) is 6.66. The summed E-state index contributed by atoms with van der Waals surface area (Å²) >= 11 is 0. The van der Waals surface area contributed by atoms with Gasteiger partial charge in [0.2, 0.25) is 0 Å². The van der Waals surface area contributed by atoms with Gasteiger partial charge in [-0.3, -0.25) is 0 Å². The van der Waals surface area contributed by atoms with Crippen LogP contribution in [0.3, 0.4) is 0 Å². The lowest BCUT2D eigenvalue weighted by Crippen LogP contribution is -2.27. The van der Waals surface area contributed by atoms with Gasteiger partial charge < -0.3 is 10.6 Å². The molecule has 4 heteroatoms. The minimum absolute atomic E-state index is 0.297. The van der Waals surface area contributed by atoms with Crippen LogP contribution in [0.5, 0.6) is 0 Å². The van der Waals surface area contributed by atoms with Gasteiger partial charge >= 0.3 is 0 Å². The van der Waals surface area contributed by atoms with Crippen molar-refractivity contribution in [1.82, 2.24) is 9.78 Å². The largest absolute Gasteiger partial charge is 0.394 e. The first-order valence-corrected chi connectivity index (χ1v) is 7.68. The van der Waals surface area contributed by atoms with Gasteiger partial charge in [0.25, 0.3) is 0 Å². The zero-order valence-corrected chi connectivity index (χ0v) is 13.5. The molecule has 0 saturated heterocycles. The van der Waals surface area contributed by atoms with Crippen LogP contribution in [-0.2, 0) is 6.54 Å². The van der Waals surface area contributed by atoms with Gasteiger partial charge in [-0.05, 0) is 32.8 Å². The normalized spacial score (nSPS) is 11.1. The van der Waals surface area contributed by atoms with Crippen LogP contribution in [0.15, 0.2) is 30.3 Å². The molecule has 0 aliphatic rings. The molecule has 1 aromatic carbocycles. The molecule has 2 N–H and O–H groups in total. The monoisotopic (exact) mass is 286 g/mol. The molecule has 0 unspecified atom stereocenters. The van der Waals surface area contributed by atoms with Crippen LogP contribution in [0.25, 0.3) is 0 Å². The molecular formula is C17H26N4. The van der Waals surface area contributed by atoms with Gasteiger partial charge in [0, 0.05) is 19.1 Å². The number of aryl methyl sites for hydroxylation is 1. The van der Waals surface area contributed by atoms with Gasteiger partial charge in [0.05, 0.1) is 11.4 Å². The summed E-state index contributed by atoms with van der Waals surface area (Å²) in [6.45, 7) is 10.3. The number of anilines is 2. The van der Waals surface area contributed by atoms with E-state index in [1.165, 1.54) is 5.56 Å². The van der Waals surface area contributed by atoms with Crippen LogP contribution >= 0.6 is 0 Å². The van der Waals surface area contributed by atoms with Crippen LogP contribution in [-0.4, -0.2) is 16.3 Å². The summed E-state index contributed by atoms with van der Waals surface area (Å²) < 4.78 is 2.04. The van der Waals surface area contributed by atoms with E-state index in [0.717, 1.165) is 36.7 Å². The number of aromatic nitrogens is 2. The minimum atomic E-state index is 0.297. The number of nitrogen functional groups attached to an aromatic ring is 1. The Bertz CT molecular complexity index is 572. The first-order valence-electron chi connectivity index (χ1n) is 7.68. The Morgan fingerprint density at radius 2 is 1.90 bits per heavy atom. The number of nitrogens with zero attached hydrogens (tertiary/aromatic N) is 3. The van der Waals surface area contributed by atoms with E-state index in [0.29, 0.717) is 6.04 Å². The zero-order chi connectivity index (χ0) is 15.4. The van der Waals surface area contributed by atoms with E-state index in [1.54, 1.807) is 0 Å². The predicted octanol–water partition coefficient (Wildman–Crippen LogP) is 3.77. The minimum Gasteiger partial charge on any atom is -0.394 e. The molecule has 0 amide bonds. The Morgan fingerprint density at radius 3 is 2.48 bits per heavy atom. The highest BCUT2D eigenvalue weighted by molar-refractivity contribution is 5.66. The summed E-state index contributed by atoms with van der Waals surface area (Å²) in [5.74, 6) is 1.05. The van der Waals surface area contributed by atoms with Crippen molar-refractivity contribution in [2.45, 2.75) is 46.7 Å². The molecule has 0 saturated carbocycles. The highest BCUT2D eigenvalue weighted by Crippen LogP contribution is 2.30. The number of nitrogens with two attached hydrogens (primary N) is 1. The van der Waals surface area contributed by atoms with E-state index in [2.05, 4.69) is 55.0 Å². The summed E-state index contributed by atoms with van der Waals surface area (Å²) in [5, 5.41) is 4.60. The highest BCUT2D eigenvalue weighted by atomic mass is 15.4. The molecule has 2 rings (SSSR count). The van der Waals surface area contributed by atoms with E-state index < -0.39 is 0 Å². The number of rotatable bonds is 6. The lowest BCUT2D eigenvalue weighted by atomic mass is 10.2. The average Bonchev–Trinajstić information content (AvgIpc) is 2.76. The SMILES string of the molecule is CCCN(Cc1ccccc1)c1c(N)c(C)nn1C(C)C. The van der Waals surface area contributed by atoms with Gasteiger partial charge in [-0.2, -0.15) is 5.10 Å². The molecule has 1 aromatic heterocycles. The van der Waals surface area contributed by atoms with Gasteiger partial charge in [-0.1, -0.05) is 37.3 Å². The highest BCUT2D eigenvalue weighted by Gasteiger charge is 2.20. The summed E-state index contributed by atoms with van der Waals surface area (Å²) in [4.78, 5) is 2.34. The second-order valence-corrected chi connectivity index (χ2v) is 5.77. The lowest BCUT2D eigenvalue weighted by molar-refractivity contribution is 0.520. The number of hydrogen-bond acceptors (Lipinski definition) is 3. The van der Waals surface area contributed by atoms with Crippen molar-refractivity contribution in [3.8, 4) is 0 Å². The predicted molar refractivity (Wildman–Crippen MR) is 89.5 cm³/mol. The smallest absolute Gasteiger partial charge is 0.151 e. The molecule has 0 fully saturated rings. The molecule has 114 valence electrons. The van der Waals surface area contributed by atoms with Crippen molar-refractivity contribution in [2.24, 2.45) is 0 Å². The Hall–Kier alpha value is -1.97. The van der Waals surface area contributed by atoms with Gasteiger partial charge in [0.15, 0.2) is 5.82 Å². The van der Waals surface area contributed by atoms with Gasteiger partial charge in [-0.15, -0.1) is 0 Å². The van der Waals surface area contributed by atoms with E-state index in [1.807, 2.05) is 17.7 Å². The maximum Gasteiger partial charge on any atom is 0.151 e. The average molecular weight is 286 g/mol. The standard InChI is InChI=1S/C17H26N4/c1-5-11-20(12-15-9-7-6-8-10-15)17-16(18)14(4)19-21(17)13(2)3/h6-10,13H,5,11-12,18H2,1-4H3. The molecular weight excluding hydrogens is 260 g/mol. The topological polar surface area (TPSA) is 47.1 Å². The molecule has 2 aromatic rings. The first kappa shape index (κ1) is 15.4. The first-order chi connectivity index (χ1) is 10.0. The quantitative estimate of drug-likeness (QED) is 0.879.